The lowest BCUT2D eigenvalue weighted by atomic mass is 10.1. The molecule has 3 N–H and O–H groups in total. The Labute approximate surface area is 108 Å². The molecule has 4 heteroatoms. The highest BCUT2D eigenvalue weighted by atomic mass is 19.1. The van der Waals surface area contributed by atoms with E-state index in [9.17, 15) is 9.18 Å². The van der Waals surface area contributed by atoms with Gasteiger partial charge in [0, 0.05) is 22.9 Å². The molecular formula is C14H21FN2O. The van der Waals surface area contributed by atoms with Crippen molar-refractivity contribution < 1.29 is 9.18 Å². The Morgan fingerprint density at radius 2 is 2.17 bits per heavy atom. The topological polar surface area (TPSA) is 55.1 Å². The van der Waals surface area contributed by atoms with Crippen LogP contribution in [0.4, 0.5) is 10.1 Å². The molecule has 1 aromatic carbocycles. The van der Waals surface area contributed by atoms with Crippen molar-refractivity contribution in [3.05, 3.63) is 29.1 Å². The number of hydrogen-bond acceptors (Lipinski definition) is 2. The second-order valence-electron chi connectivity index (χ2n) is 4.69. The maximum Gasteiger partial charge on any atom is 0.251 e. The highest BCUT2D eigenvalue weighted by molar-refractivity contribution is 5.95. The molecule has 1 atom stereocenters. The van der Waals surface area contributed by atoms with E-state index in [0.717, 1.165) is 19.3 Å². The molecule has 0 aliphatic heterocycles. The molecule has 1 rings (SSSR count). The highest BCUT2D eigenvalue weighted by Gasteiger charge is 2.13. The van der Waals surface area contributed by atoms with Crippen molar-refractivity contribution in [2.45, 2.75) is 46.1 Å². The van der Waals surface area contributed by atoms with Gasteiger partial charge in [0.25, 0.3) is 5.91 Å². The molecule has 0 heterocycles. The smallest absolute Gasteiger partial charge is 0.251 e. The molecule has 0 aromatic heterocycles. The van der Waals surface area contributed by atoms with Crippen molar-refractivity contribution in [2.24, 2.45) is 0 Å². The zero-order chi connectivity index (χ0) is 13.7. The molecule has 18 heavy (non-hydrogen) atoms. The van der Waals surface area contributed by atoms with Gasteiger partial charge in [0.1, 0.15) is 5.82 Å². The minimum Gasteiger partial charge on any atom is -0.398 e. The minimum absolute atomic E-state index is 0.0861. The average Bonchev–Trinajstić information content (AvgIpc) is 2.32. The lowest BCUT2D eigenvalue weighted by molar-refractivity contribution is 0.0937. The molecule has 0 saturated carbocycles. The van der Waals surface area contributed by atoms with Crippen LogP contribution in [0.15, 0.2) is 12.1 Å². The van der Waals surface area contributed by atoms with E-state index in [1.807, 2.05) is 6.92 Å². The van der Waals surface area contributed by atoms with E-state index >= 15 is 0 Å². The summed E-state index contributed by atoms with van der Waals surface area (Å²) in [5.41, 5.74) is 6.61. The Morgan fingerprint density at radius 1 is 1.50 bits per heavy atom. The fraction of sp³-hybridized carbons (Fsp3) is 0.500. The number of nitrogen functional groups attached to an aromatic ring is 1. The zero-order valence-corrected chi connectivity index (χ0v) is 11.2. The van der Waals surface area contributed by atoms with Gasteiger partial charge < -0.3 is 11.1 Å². The molecule has 1 unspecified atom stereocenters. The van der Waals surface area contributed by atoms with Crippen LogP contribution in [0.2, 0.25) is 0 Å². The van der Waals surface area contributed by atoms with Gasteiger partial charge in [-0.05, 0) is 32.4 Å². The largest absolute Gasteiger partial charge is 0.398 e. The lowest BCUT2D eigenvalue weighted by Gasteiger charge is -2.14. The maximum atomic E-state index is 13.5. The van der Waals surface area contributed by atoms with Crippen LogP contribution in [0.5, 0.6) is 0 Å². The summed E-state index contributed by atoms with van der Waals surface area (Å²) in [5.74, 6) is -0.717. The molecule has 1 aromatic rings. The van der Waals surface area contributed by atoms with Crippen molar-refractivity contribution in [2.75, 3.05) is 5.73 Å². The van der Waals surface area contributed by atoms with E-state index < -0.39 is 5.82 Å². The predicted octanol–water partition coefficient (Wildman–Crippen LogP) is 3.02. The van der Waals surface area contributed by atoms with Crippen LogP contribution in [0, 0.1) is 12.7 Å². The Hall–Kier alpha value is -1.58. The number of rotatable bonds is 5. The summed E-state index contributed by atoms with van der Waals surface area (Å²) >= 11 is 0. The van der Waals surface area contributed by atoms with Crippen LogP contribution in [0.25, 0.3) is 0 Å². The predicted molar refractivity (Wildman–Crippen MR) is 72.0 cm³/mol. The van der Waals surface area contributed by atoms with E-state index in [1.54, 1.807) is 6.92 Å². The number of anilines is 1. The third kappa shape index (κ3) is 3.72. The summed E-state index contributed by atoms with van der Waals surface area (Å²) in [4.78, 5) is 11.9. The maximum absolute atomic E-state index is 13.5. The first-order valence-electron chi connectivity index (χ1n) is 6.32. The zero-order valence-electron chi connectivity index (χ0n) is 11.2. The summed E-state index contributed by atoms with van der Waals surface area (Å²) in [7, 11) is 0. The molecule has 0 radical (unpaired) electrons. The number of nitrogens with two attached hydrogens (primary N) is 1. The molecule has 0 saturated heterocycles. The van der Waals surface area contributed by atoms with Gasteiger partial charge in [0.05, 0.1) is 0 Å². The molecule has 100 valence electrons. The molecule has 0 aliphatic rings. The second kappa shape index (κ2) is 6.38. The fourth-order valence-corrected chi connectivity index (χ4v) is 1.72. The number of halogens is 1. The van der Waals surface area contributed by atoms with Gasteiger partial charge in [-0.25, -0.2) is 4.39 Å². The van der Waals surface area contributed by atoms with E-state index in [0.29, 0.717) is 11.3 Å². The van der Waals surface area contributed by atoms with E-state index in [2.05, 4.69) is 12.2 Å². The van der Waals surface area contributed by atoms with Gasteiger partial charge in [-0.15, -0.1) is 0 Å². The van der Waals surface area contributed by atoms with Gasteiger partial charge in [-0.2, -0.15) is 0 Å². The van der Waals surface area contributed by atoms with E-state index in [4.69, 9.17) is 5.73 Å². The Balaban J connectivity index is 2.73. The highest BCUT2D eigenvalue weighted by Crippen LogP contribution is 2.17. The van der Waals surface area contributed by atoms with Gasteiger partial charge in [0.2, 0.25) is 0 Å². The van der Waals surface area contributed by atoms with Gasteiger partial charge >= 0.3 is 0 Å². The van der Waals surface area contributed by atoms with Crippen LogP contribution in [-0.2, 0) is 0 Å². The third-order valence-corrected chi connectivity index (χ3v) is 3.01. The number of amides is 1. The standard InChI is InChI=1S/C14H21FN2O/c1-4-5-6-9(2)17-14(18)11-7-12(15)10(3)13(16)8-11/h7-9H,4-6,16H2,1-3H3,(H,17,18). The first-order valence-corrected chi connectivity index (χ1v) is 6.32. The molecule has 0 bridgehead atoms. The van der Waals surface area contributed by atoms with Gasteiger partial charge in [0.15, 0.2) is 0 Å². The van der Waals surface area contributed by atoms with Crippen LogP contribution in [0.1, 0.15) is 49.0 Å². The second-order valence-corrected chi connectivity index (χ2v) is 4.69. The monoisotopic (exact) mass is 252 g/mol. The quantitative estimate of drug-likeness (QED) is 0.791. The van der Waals surface area contributed by atoms with Crippen LogP contribution in [0.3, 0.4) is 0 Å². The molecule has 0 aliphatic carbocycles. The van der Waals surface area contributed by atoms with Crippen LogP contribution >= 0.6 is 0 Å². The van der Waals surface area contributed by atoms with Crippen molar-refractivity contribution in [1.29, 1.82) is 0 Å². The number of hydrogen-bond donors (Lipinski definition) is 2. The van der Waals surface area contributed by atoms with Crippen molar-refractivity contribution in [3.8, 4) is 0 Å². The number of carbonyl (C=O) groups excluding carboxylic acids is 1. The van der Waals surface area contributed by atoms with Gasteiger partial charge in [-0.3, -0.25) is 4.79 Å². The van der Waals surface area contributed by atoms with Crippen molar-refractivity contribution >= 4 is 11.6 Å². The van der Waals surface area contributed by atoms with E-state index in [-0.39, 0.29) is 17.5 Å². The minimum atomic E-state index is -0.443. The number of carbonyl (C=O) groups is 1. The molecule has 1 amide bonds. The first-order chi connectivity index (χ1) is 8.45. The summed E-state index contributed by atoms with van der Waals surface area (Å²) in [6, 6.07) is 2.83. The summed E-state index contributed by atoms with van der Waals surface area (Å²) in [5, 5.41) is 2.84. The number of nitrogens with one attached hydrogen (secondary N) is 1. The van der Waals surface area contributed by atoms with Crippen molar-refractivity contribution in [1.82, 2.24) is 5.32 Å². The van der Waals surface area contributed by atoms with Crippen molar-refractivity contribution in [3.63, 3.8) is 0 Å². The Kier molecular flexibility index (Phi) is 5.13. The normalized spacial score (nSPS) is 12.2. The average molecular weight is 252 g/mol. The Morgan fingerprint density at radius 3 is 2.72 bits per heavy atom. The SMILES string of the molecule is CCCCC(C)NC(=O)c1cc(N)c(C)c(F)c1. The molecule has 0 spiro atoms. The lowest BCUT2D eigenvalue weighted by Crippen LogP contribution is -2.32. The van der Waals surface area contributed by atoms with Gasteiger partial charge in [-0.1, -0.05) is 19.8 Å². The molecule has 3 nitrogen and oxygen atoms in total. The Bertz CT molecular complexity index is 409. The van der Waals surface area contributed by atoms with Crippen LogP contribution in [-0.4, -0.2) is 11.9 Å². The fourth-order valence-electron chi connectivity index (χ4n) is 1.72. The summed E-state index contributed by atoms with van der Waals surface area (Å²) < 4.78 is 13.5. The summed E-state index contributed by atoms with van der Waals surface area (Å²) in [6.07, 6.45) is 3.07. The van der Waals surface area contributed by atoms with E-state index in [1.165, 1.54) is 12.1 Å². The number of benzene rings is 1. The first kappa shape index (κ1) is 14.5. The number of unbranched alkanes of at least 4 members (excludes halogenated alkanes) is 1. The third-order valence-electron chi connectivity index (χ3n) is 3.01. The van der Waals surface area contributed by atoms with Crippen LogP contribution < -0.4 is 11.1 Å². The molecular weight excluding hydrogens is 231 g/mol. The summed E-state index contributed by atoms with van der Waals surface area (Å²) in [6.45, 7) is 5.64. The molecule has 0 fully saturated rings.